The quantitative estimate of drug-likeness (QED) is 0.424. The Balaban J connectivity index is 1.85. The summed E-state index contributed by atoms with van der Waals surface area (Å²) in [6.07, 6.45) is 5.03. The number of nitro benzene ring substituents is 1. The van der Waals surface area contributed by atoms with Gasteiger partial charge in [0, 0.05) is 22.5 Å². The molecule has 3 atom stereocenters. The van der Waals surface area contributed by atoms with Crippen molar-refractivity contribution in [3.63, 3.8) is 0 Å². The third-order valence-electron chi connectivity index (χ3n) is 5.10. The van der Waals surface area contributed by atoms with Crippen molar-refractivity contribution in [1.82, 2.24) is 0 Å². The minimum Gasteiger partial charge on any atom is -0.478 e. The van der Waals surface area contributed by atoms with Crippen LogP contribution in [0.4, 0.5) is 11.4 Å². The zero-order valence-corrected chi connectivity index (χ0v) is 15.1. The number of carboxylic acid groups (broad SMARTS) is 1. The van der Waals surface area contributed by atoms with Gasteiger partial charge in [0.1, 0.15) is 0 Å². The smallest absolute Gasteiger partial charge is 0.337 e. The van der Waals surface area contributed by atoms with E-state index in [4.69, 9.17) is 0 Å². The van der Waals surface area contributed by atoms with Crippen molar-refractivity contribution in [2.45, 2.75) is 18.4 Å². The van der Waals surface area contributed by atoms with Gasteiger partial charge in [-0.1, -0.05) is 40.2 Å². The topological polar surface area (TPSA) is 92.5 Å². The molecular weight excluding hydrogens is 400 g/mol. The number of anilines is 1. The lowest BCUT2D eigenvalue weighted by Gasteiger charge is -2.38. The molecule has 1 heterocycles. The maximum absolute atomic E-state index is 11.7. The molecule has 26 heavy (non-hydrogen) atoms. The number of nitrogens with zero attached hydrogens (tertiary/aromatic N) is 1. The van der Waals surface area contributed by atoms with Crippen LogP contribution < -0.4 is 5.32 Å². The lowest BCUT2D eigenvalue weighted by molar-refractivity contribution is -0.384. The van der Waals surface area contributed by atoms with E-state index < -0.39 is 10.9 Å². The molecule has 2 aromatic carbocycles. The van der Waals surface area contributed by atoms with Crippen LogP contribution in [-0.2, 0) is 0 Å². The highest BCUT2D eigenvalue weighted by Gasteiger charge is 2.40. The van der Waals surface area contributed by atoms with Crippen molar-refractivity contribution in [2.75, 3.05) is 5.32 Å². The van der Waals surface area contributed by atoms with Crippen LogP contribution in [0.15, 0.2) is 53.0 Å². The van der Waals surface area contributed by atoms with E-state index in [0.717, 1.165) is 22.0 Å². The zero-order chi connectivity index (χ0) is 18.4. The van der Waals surface area contributed by atoms with Crippen LogP contribution >= 0.6 is 15.9 Å². The second-order valence-corrected chi connectivity index (χ2v) is 7.47. The van der Waals surface area contributed by atoms with Gasteiger partial charge in [-0.2, -0.15) is 0 Å². The summed E-state index contributed by atoms with van der Waals surface area (Å²) in [5.74, 6) is -0.750. The number of nitro groups is 1. The highest BCUT2D eigenvalue weighted by atomic mass is 79.9. The van der Waals surface area contributed by atoms with Gasteiger partial charge in [0.15, 0.2) is 0 Å². The van der Waals surface area contributed by atoms with Gasteiger partial charge in [-0.25, -0.2) is 4.79 Å². The van der Waals surface area contributed by atoms with Crippen molar-refractivity contribution in [1.29, 1.82) is 0 Å². The Labute approximate surface area is 157 Å². The summed E-state index contributed by atoms with van der Waals surface area (Å²) in [5, 5.41) is 24.1. The van der Waals surface area contributed by atoms with E-state index in [0.29, 0.717) is 5.69 Å². The van der Waals surface area contributed by atoms with E-state index in [1.165, 1.54) is 6.07 Å². The SMILES string of the molecule is O=C(O)c1cc(Br)cc2c1N[C@H](c1cccc([N+](=O)[O-])c1)C1CC=CC21. The number of aromatic carboxylic acids is 1. The van der Waals surface area contributed by atoms with Crippen molar-refractivity contribution in [2.24, 2.45) is 5.92 Å². The zero-order valence-electron chi connectivity index (χ0n) is 13.6. The summed E-state index contributed by atoms with van der Waals surface area (Å²) in [7, 11) is 0. The Morgan fingerprint density at radius 1 is 1.31 bits per heavy atom. The molecule has 0 fully saturated rings. The van der Waals surface area contributed by atoms with Crippen LogP contribution in [0.2, 0.25) is 0 Å². The van der Waals surface area contributed by atoms with Crippen molar-refractivity contribution >= 4 is 33.3 Å². The second kappa shape index (κ2) is 6.25. The molecule has 1 aliphatic carbocycles. The molecule has 2 aliphatic rings. The fourth-order valence-electron chi connectivity index (χ4n) is 3.99. The van der Waals surface area contributed by atoms with Gasteiger partial charge in [-0.05, 0) is 35.6 Å². The van der Waals surface area contributed by atoms with Crippen LogP contribution in [0.25, 0.3) is 0 Å². The summed E-state index contributed by atoms with van der Waals surface area (Å²) < 4.78 is 0.725. The molecule has 7 heteroatoms. The standard InChI is InChI=1S/C19H15BrN2O4/c20-11-8-15-13-5-2-6-14(13)17(21-18(15)16(9-11)19(23)24)10-3-1-4-12(7-10)22(25)26/h1-5,7-9,13-14,17,21H,6H2,(H,23,24)/t13?,14?,17-/m1/s1. The van der Waals surface area contributed by atoms with Crippen LogP contribution in [-0.4, -0.2) is 16.0 Å². The molecule has 2 N–H and O–H groups in total. The molecule has 6 nitrogen and oxygen atoms in total. The molecule has 0 spiro atoms. The Morgan fingerprint density at radius 2 is 2.12 bits per heavy atom. The molecule has 0 saturated heterocycles. The lowest BCUT2D eigenvalue weighted by atomic mass is 9.76. The molecule has 0 amide bonds. The first-order valence-electron chi connectivity index (χ1n) is 8.20. The maximum atomic E-state index is 11.7. The molecule has 4 rings (SSSR count). The fourth-order valence-corrected chi connectivity index (χ4v) is 4.47. The third-order valence-corrected chi connectivity index (χ3v) is 5.56. The van der Waals surface area contributed by atoms with Crippen LogP contribution in [0, 0.1) is 16.0 Å². The summed E-state index contributed by atoms with van der Waals surface area (Å²) in [6, 6.07) is 9.89. The minimum atomic E-state index is -1.01. The van der Waals surface area contributed by atoms with Crippen molar-refractivity contribution < 1.29 is 14.8 Å². The number of benzene rings is 2. The van der Waals surface area contributed by atoms with Gasteiger partial charge in [-0.15, -0.1) is 0 Å². The normalized spacial score (nSPS) is 23.0. The molecule has 2 aromatic rings. The number of non-ortho nitro benzene ring substituents is 1. The molecular formula is C19H15BrN2O4. The van der Waals surface area contributed by atoms with E-state index >= 15 is 0 Å². The number of halogens is 1. The molecule has 0 bridgehead atoms. The maximum Gasteiger partial charge on any atom is 0.337 e. The summed E-state index contributed by atoms with van der Waals surface area (Å²) >= 11 is 3.40. The molecule has 132 valence electrons. The van der Waals surface area contributed by atoms with E-state index in [1.807, 2.05) is 12.1 Å². The monoisotopic (exact) mass is 414 g/mol. The van der Waals surface area contributed by atoms with E-state index in [2.05, 4.69) is 33.4 Å². The van der Waals surface area contributed by atoms with E-state index in [9.17, 15) is 20.0 Å². The number of carbonyl (C=O) groups is 1. The second-order valence-electron chi connectivity index (χ2n) is 6.55. The Bertz CT molecular complexity index is 957. The first-order chi connectivity index (χ1) is 12.5. The number of carboxylic acids is 1. The van der Waals surface area contributed by atoms with E-state index in [1.54, 1.807) is 18.2 Å². The highest BCUT2D eigenvalue weighted by molar-refractivity contribution is 9.10. The summed E-state index contributed by atoms with van der Waals surface area (Å²) in [6.45, 7) is 0. The predicted molar refractivity (Wildman–Crippen MR) is 101 cm³/mol. The molecule has 0 saturated carbocycles. The average Bonchev–Trinajstić information content (AvgIpc) is 3.10. The van der Waals surface area contributed by atoms with Gasteiger partial charge >= 0.3 is 5.97 Å². The Hall–Kier alpha value is -2.67. The summed E-state index contributed by atoms with van der Waals surface area (Å²) in [5.41, 5.74) is 2.56. The number of rotatable bonds is 3. The van der Waals surface area contributed by atoms with Gasteiger partial charge < -0.3 is 10.4 Å². The number of nitrogens with one attached hydrogen (secondary N) is 1. The van der Waals surface area contributed by atoms with Crippen LogP contribution in [0.5, 0.6) is 0 Å². The first kappa shape index (κ1) is 16.8. The molecule has 1 aliphatic heterocycles. The Morgan fingerprint density at radius 3 is 2.85 bits per heavy atom. The molecule has 0 radical (unpaired) electrons. The van der Waals surface area contributed by atoms with Gasteiger partial charge in [0.2, 0.25) is 0 Å². The minimum absolute atomic E-state index is 0.0341. The van der Waals surface area contributed by atoms with Crippen LogP contribution in [0.3, 0.4) is 0 Å². The Kier molecular flexibility index (Phi) is 4.03. The van der Waals surface area contributed by atoms with Crippen LogP contribution in [0.1, 0.15) is 39.9 Å². The number of hydrogen-bond acceptors (Lipinski definition) is 4. The fraction of sp³-hybridized carbons (Fsp3) is 0.211. The summed E-state index contributed by atoms with van der Waals surface area (Å²) in [4.78, 5) is 22.5. The lowest BCUT2D eigenvalue weighted by Crippen LogP contribution is -2.30. The molecule has 2 unspecified atom stereocenters. The number of hydrogen-bond donors (Lipinski definition) is 2. The van der Waals surface area contributed by atoms with E-state index in [-0.39, 0.29) is 29.1 Å². The van der Waals surface area contributed by atoms with Crippen molar-refractivity contribution in [3.05, 3.63) is 79.8 Å². The molecule has 0 aromatic heterocycles. The van der Waals surface area contributed by atoms with Gasteiger partial charge in [-0.3, -0.25) is 10.1 Å². The number of allylic oxidation sites excluding steroid dienone is 2. The first-order valence-corrected chi connectivity index (χ1v) is 8.99. The largest absolute Gasteiger partial charge is 0.478 e. The van der Waals surface area contributed by atoms with Gasteiger partial charge in [0.05, 0.1) is 22.2 Å². The predicted octanol–water partition coefficient (Wildman–Crippen LogP) is 4.88. The highest BCUT2D eigenvalue weighted by Crippen LogP contribution is 2.51. The number of fused-ring (bicyclic) bond motifs is 3. The van der Waals surface area contributed by atoms with Gasteiger partial charge in [0.25, 0.3) is 5.69 Å². The average molecular weight is 415 g/mol. The van der Waals surface area contributed by atoms with Crippen molar-refractivity contribution in [3.8, 4) is 0 Å². The third kappa shape index (κ3) is 2.68.